The van der Waals surface area contributed by atoms with Crippen LogP contribution in [0.3, 0.4) is 0 Å². The van der Waals surface area contributed by atoms with Gasteiger partial charge in [0.25, 0.3) is 0 Å². The molecule has 114 valence electrons. The molecule has 1 N–H and O–H groups in total. The van der Waals surface area contributed by atoms with Crippen LogP contribution < -0.4 is 5.32 Å². The van der Waals surface area contributed by atoms with E-state index in [2.05, 4.69) is 12.2 Å². The number of halogens is 2. The van der Waals surface area contributed by atoms with Crippen molar-refractivity contribution in [2.24, 2.45) is 11.8 Å². The summed E-state index contributed by atoms with van der Waals surface area (Å²) in [5.41, 5.74) is 1.04. The minimum Gasteiger partial charge on any atom is -0.335 e. The number of carbonyl (C=O) groups is 1. The van der Waals surface area contributed by atoms with Gasteiger partial charge in [-0.1, -0.05) is 36.2 Å². The van der Waals surface area contributed by atoms with E-state index in [-0.39, 0.29) is 11.8 Å². The highest BCUT2D eigenvalue weighted by Gasteiger charge is 2.38. The average molecular weight is 327 g/mol. The second-order valence-electron chi connectivity index (χ2n) is 6.15. The van der Waals surface area contributed by atoms with Crippen molar-refractivity contribution in [1.82, 2.24) is 10.2 Å². The lowest BCUT2D eigenvalue weighted by Crippen LogP contribution is -2.50. The summed E-state index contributed by atoms with van der Waals surface area (Å²) >= 11 is 12.0. The molecular formula is C16H20Cl2N2O. The topological polar surface area (TPSA) is 32.3 Å². The molecule has 1 amide bonds. The number of nitrogens with one attached hydrogen (secondary N) is 1. The standard InChI is InChI=1S/C16H20Cl2N2O/c1-10(12-7-19-8-12)16(21)20(13-3-4-13)9-11-2-5-14(17)15(18)6-11/h2,5-6,10,12-13,19H,3-4,7-9H2,1H3. The van der Waals surface area contributed by atoms with Crippen LogP contribution in [0, 0.1) is 11.8 Å². The molecule has 1 saturated heterocycles. The van der Waals surface area contributed by atoms with Crippen LogP contribution in [0.15, 0.2) is 18.2 Å². The largest absolute Gasteiger partial charge is 0.335 e. The zero-order valence-corrected chi connectivity index (χ0v) is 13.6. The third-order valence-electron chi connectivity index (χ3n) is 4.52. The lowest BCUT2D eigenvalue weighted by atomic mass is 9.88. The van der Waals surface area contributed by atoms with Gasteiger partial charge < -0.3 is 10.2 Å². The Labute approximate surface area is 135 Å². The Hall–Kier alpha value is -0.770. The number of nitrogens with zero attached hydrogens (tertiary/aromatic N) is 1. The van der Waals surface area contributed by atoms with E-state index in [1.807, 2.05) is 17.0 Å². The molecule has 2 aliphatic rings. The molecule has 1 aromatic carbocycles. The van der Waals surface area contributed by atoms with Gasteiger partial charge in [-0.2, -0.15) is 0 Å². The third-order valence-corrected chi connectivity index (χ3v) is 5.26. The van der Waals surface area contributed by atoms with Crippen molar-refractivity contribution in [3.05, 3.63) is 33.8 Å². The minimum atomic E-state index is 0.0922. The predicted molar refractivity (Wildman–Crippen MR) is 85.6 cm³/mol. The number of hydrogen-bond acceptors (Lipinski definition) is 2. The molecule has 0 aromatic heterocycles. The summed E-state index contributed by atoms with van der Waals surface area (Å²) in [6.45, 7) is 4.60. The zero-order valence-electron chi connectivity index (χ0n) is 12.1. The Morgan fingerprint density at radius 2 is 2.05 bits per heavy atom. The molecule has 21 heavy (non-hydrogen) atoms. The minimum absolute atomic E-state index is 0.0922. The van der Waals surface area contributed by atoms with Crippen molar-refractivity contribution in [2.75, 3.05) is 13.1 Å². The van der Waals surface area contributed by atoms with Crippen LogP contribution >= 0.6 is 23.2 Å². The van der Waals surface area contributed by atoms with Gasteiger partial charge in [-0.3, -0.25) is 4.79 Å². The molecule has 0 spiro atoms. The number of benzene rings is 1. The molecule has 3 rings (SSSR count). The Kier molecular flexibility index (Phi) is 4.43. The van der Waals surface area contributed by atoms with Crippen molar-refractivity contribution in [3.63, 3.8) is 0 Å². The van der Waals surface area contributed by atoms with Gasteiger partial charge >= 0.3 is 0 Å². The molecule has 3 nitrogen and oxygen atoms in total. The van der Waals surface area contributed by atoms with Crippen LogP contribution in [0.25, 0.3) is 0 Å². The summed E-state index contributed by atoms with van der Waals surface area (Å²) in [5, 5.41) is 4.35. The van der Waals surface area contributed by atoms with Crippen molar-refractivity contribution in [1.29, 1.82) is 0 Å². The number of amides is 1. The molecule has 1 aromatic rings. The summed E-state index contributed by atoms with van der Waals surface area (Å²) < 4.78 is 0. The SMILES string of the molecule is CC(C(=O)N(Cc1ccc(Cl)c(Cl)c1)C1CC1)C1CNC1. The third kappa shape index (κ3) is 3.36. The number of rotatable bonds is 5. The summed E-state index contributed by atoms with van der Waals surface area (Å²) in [4.78, 5) is 14.8. The lowest BCUT2D eigenvalue weighted by Gasteiger charge is -2.35. The fourth-order valence-electron chi connectivity index (χ4n) is 2.74. The van der Waals surface area contributed by atoms with Crippen LogP contribution in [-0.2, 0) is 11.3 Å². The van der Waals surface area contributed by atoms with Crippen LogP contribution in [0.1, 0.15) is 25.3 Å². The molecular weight excluding hydrogens is 307 g/mol. The second-order valence-corrected chi connectivity index (χ2v) is 6.97. The van der Waals surface area contributed by atoms with E-state index in [0.29, 0.717) is 28.5 Å². The first kappa shape index (κ1) is 15.1. The Morgan fingerprint density at radius 3 is 2.57 bits per heavy atom. The number of carbonyl (C=O) groups excluding carboxylic acids is 1. The van der Waals surface area contributed by atoms with Crippen molar-refractivity contribution in [3.8, 4) is 0 Å². The maximum atomic E-state index is 12.8. The van der Waals surface area contributed by atoms with Crippen molar-refractivity contribution >= 4 is 29.1 Å². The highest BCUT2D eigenvalue weighted by molar-refractivity contribution is 6.42. The maximum Gasteiger partial charge on any atom is 0.226 e. The van der Waals surface area contributed by atoms with E-state index in [1.54, 1.807) is 6.07 Å². The first-order valence-electron chi connectivity index (χ1n) is 7.51. The molecule has 1 aliphatic carbocycles. The fourth-order valence-corrected chi connectivity index (χ4v) is 3.06. The molecule has 0 radical (unpaired) electrons. The second kappa shape index (κ2) is 6.15. The Balaban J connectivity index is 1.71. The summed E-state index contributed by atoms with van der Waals surface area (Å²) in [7, 11) is 0. The van der Waals surface area contributed by atoms with Crippen molar-refractivity contribution < 1.29 is 4.79 Å². The first-order chi connectivity index (χ1) is 10.1. The van der Waals surface area contributed by atoms with Gasteiger partial charge in [0.2, 0.25) is 5.91 Å². The normalized spacial score (nSPS) is 20.0. The van der Waals surface area contributed by atoms with E-state index >= 15 is 0 Å². The van der Waals surface area contributed by atoms with Crippen molar-refractivity contribution in [2.45, 2.75) is 32.4 Å². The quantitative estimate of drug-likeness (QED) is 0.900. The van der Waals surface area contributed by atoms with E-state index in [1.165, 1.54) is 0 Å². The van der Waals surface area contributed by atoms with Gasteiger partial charge in [-0.25, -0.2) is 0 Å². The molecule has 1 saturated carbocycles. The maximum absolute atomic E-state index is 12.8. The molecule has 2 fully saturated rings. The van der Waals surface area contributed by atoms with Crippen LogP contribution in [0.2, 0.25) is 10.0 Å². The molecule has 1 atom stereocenters. The van der Waals surface area contributed by atoms with E-state index < -0.39 is 0 Å². The van der Waals surface area contributed by atoms with Crippen LogP contribution in [0.4, 0.5) is 0 Å². The first-order valence-corrected chi connectivity index (χ1v) is 8.27. The highest BCUT2D eigenvalue weighted by Crippen LogP contribution is 2.32. The average Bonchev–Trinajstić information content (AvgIpc) is 3.21. The van der Waals surface area contributed by atoms with E-state index in [0.717, 1.165) is 31.5 Å². The Bertz CT molecular complexity index is 541. The van der Waals surface area contributed by atoms with Gasteiger partial charge in [-0.05, 0) is 49.5 Å². The fraction of sp³-hybridized carbons (Fsp3) is 0.562. The zero-order chi connectivity index (χ0) is 15.0. The van der Waals surface area contributed by atoms with Gasteiger partial charge in [0.15, 0.2) is 0 Å². The van der Waals surface area contributed by atoms with Crippen LogP contribution in [-0.4, -0.2) is 29.9 Å². The highest BCUT2D eigenvalue weighted by atomic mass is 35.5. The summed E-state index contributed by atoms with van der Waals surface area (Å²) in [5.74, 6) is 0.845. The van der Waals surface area contributed by atoms with Gasteiger partial charge in [0, 0.05) is 18.5 Å². The molecule has 1 unspecified atom stereocenters. The smallest absolute Gasteiger partial charge is 0.226 e. The molecule has 1 aliphatic heterocycles. The van der Waals surface area contributed by atoms with E-state index in [9.17, 15) is 4.79 Å². The van der Waals surface area contributed by atoms with Gasteiger partial charge in [-0.15, -0.1) is 0 Å². The predicted octanol–water partition coefficient (Wildman–Crippen LogP) is 3.34. The van der Waals surface area contributed by atoms with Gasteiger partial charge in [0.05, 0.1) is 10.0 Å². The summed E-state index contributed by atoms with van der Waals surface area (Å²) in [6, 6.07) is 6.02. The number of hydrogen-bond donors (Lipinski definition) is 1. The summed E-state index contributed by atoms with van der Waals surface area (Å²) in [6.07, 6.45) is 2.23. The molecule has 0 bridgehead atoms. The van der Waals surface area contributed by atoms with Gasteiger partial charge in [0.1, 0.15) is 0 Å². The molecule has 5 heteroatoms. The lowest BCUT2D eigenvalue weighted by molar-refractivity contribution is -0.138. The molecule has 1 heterocycles. The Morgan fingerprint density at radius 1 is 1.33 bits per heavy atom. The monoisotopic (exact) mass is 326 g/mol. The van der Waals surface area contributed by atoms with Crippen LogP contribution in [0.5, 0.6) is 0 Å². The van der Waals surface area contributed by atoms with E-state index in [4.69, 9.17) is 23.2 Å².